The third-order valence-electron chi connectivity index (χ3n) is 5.76. The van der Waals surface area contributed by atoms with Gasteiger partial charge in [-0.05, 0) is 66.1 Å². The second-order valence-corrected chi connectivity index (χ2v) is 8.98. The van der Waals surface area contributed by atoms with Crippen molar-refractivity contribution in [3.8, 4) is 11.1 Å². The largest absolute Gasteiger partial charge is 0.478 e. The smallest absolute Gasteiger partial charge is 0.335 e. The topological polar surface area (TPSA) is 103 Å². The Bertz CT molecular complexity index is 1170. The predicted octanol–water partition coefficient (Wildman–Crippen LogP) is 5.01. The number of esters is 1. The molecule has 0 saturated heterocycles. The summed E-state index contributed by atoms with van der Waals surface area (Å²) in [5.41, 5.74) is 13.8. The van der Waals surface area contributed by atoms with Gasteiger partial charge in [-0.1, -0.05) is 55.8 Å². The van der Waals surface area contributed by atoms with E-state index in [-0.39, 0.29) is 24.6 Å². The Morgan fingerprint density at radius 3 is 2.21 bits per heavy atom. The number of pyridine rings is 1. The number of ether oxygens (including phenoxy) is 1. The number of carboxylic acids is 1. The Hall–Kier alpha value is -3.51. The van der Waals surface area contributed by atoms with E-state index >= 15 is 0 Å². The fourth-order valence-corrected chi connectivity index (χ4v) is 4.01. The normalized spacial score (nSPS) is 11.0. The van der Waals surface area contributed by atoms with E-state index in [4.69, 9.17) is 20.6 Å². The van der Waals surface area contributed by atoms with E-state index in [0.717, 1.165) is 51.2 Å². The number of hydrogen-bond acceptors (Lipinski definition) is 5. The number of aryl methyl sites for hydroxylation is 2. The van der Waals surface area contributed by atoms with E-state index < -0.39 is 5.97 Å². The number of aromatic nitrogens is 1. The molecule has 0 aliphatic rings. The first-order chi connectivity index (χ1) is 16.2. The lowest BCUT2D eigenvalue weighted by molar-refractivity contribution is -0.144. The standard InChI is InChI=1S/C28H32N2O4/c1-17(2)13-25-24(15-29)27(21-9-5-18(3)6-10-21)23(19(4)30-25)14-26(31)34-16-20-7-11-22(12-8-20)28(32)33/h5-12,17H,13-16,29H2,1-4H3,(H,32,33). The fourth-order valence-electron chi connectivity index (χ4n) is 4.01. The molecular weight excluding hydrogens is 428 g/mol. The summed E-state index contributed by atoms with van der Waals surface area (Å²) in [5, 5.41) is 9.03. The molecule has 0 saturated carbocycles. The molecule has 0 radical (unpaired) electrons. The molecule has 0 aliphatic carbocycles. The van der Waals surface area contributed by atoms with Crippen LogP contribution in [0.4, 0.5) is 0 Å². The van der Waals surface area contributed by atoms with Gasteiger partial charge < -0.3 is 15.6 Å². The zero-order chi connectivity index (χ0) is 24.8. The Balaban J connectivity index is 1.92. The molecule has 3 N–H and O–H groups in total. The van der Waals surface area contributed by atoms with Crippen LogP contribution in [0.25, 0.3) is 11.1 Å². The van der Waals surface area contributed by atoms with E-state index in [1.807, 2.05) is 13.8 Å². The average Bonchev–Trinajstić information content (AvgIpc) is 2.79. The number of nitrogens with two attached hydrogens (primary N) is 1. The van der Waals surface area contributed by atoms with Gasteiger partial charge in [0.05, 0.1) is 12.0 Å². The van der Waals surface area contributed by atoms with Crippen molar-refractivity contribution in [1.82, 2.24) is 4.98 Å². The lowest BCUT2D eigenvalue weighted by atomic mass is 9.88. The minimum absolute atomic E-state index is 0.0697. The summed E-state index contributed by atoms with van der Waals surface area (Å²) in [6.07, 6.45) is 0.882. The monoisotopic (exact) mass is 460 g/mol. The van der Waals surface area contributed by atoms with Crippen LogP contribution in [0.1, 0.15) is 57.8 Å². The van der Waals surface area contributed by atoms with Crippen LogP contribution in [0.3, 0.4) is 0 Å². The van der Waals surface area contributed by atoms with E-state index in [9.17, 15) is 9.59 Å². The maximum Gasteiger partial charge on any atom is 0.335 e. The second kappa shape index (κ2) is 11.1. The SMILES string of the molecule is Cc1ccc(-c2c(CC(=O)OCc3ccc(C(=O)O)cc3)c(C)nc(CC(C)C)c2CN)cc1. The van der Waals surface area contributed by atoms with Crippen molar-refractivity contribution < 1.29 is 19.4 Å². The lowest BCUT2D eigenvalue weighted by Crippen LogP contribution is -2.16. The first-order valence-corrected chi connectivity index (χ1v) is 11.5. The Kier molecular flexibility index (Phi) is 8.18. The number of benzene rings is 2. The van der Waals surface area contributed by atoms with Gasteiger partial charge in [0, 0.05) is 17.9 Å². The molecule has 1 aromatic heterocycles. The number of carbonyl (C=O) groups is 2. The van der Waals surface area contributed by atoms with Gasteiger partial charge in [-0.2, -0.15) is 0 Å². The van der Waals surface area contributed by atoms with E-state index in [2.05, 4.69) is 38.1 Å². The minimum atomic E-state index is -0.994. The maximum atomic E-state index is 12.8. The van der Waals surface area contributed by atoms with Gasteiger partial charge in [0.1, 0.15) is 6.61 Å². The van der Waals surface area contributed by atoms with Crippen LogP contribution >= 0.6 is 0 Å². The fraction of sp³-hybridized carbons (Fsp3) is 0.321. The van der Waals surface area contributed by atoms with Gasteiger partial charge in [-0.3, -0.25) is 9.78 Å². The molecule has 0 bridgehead atoms. The Morgan fingerprint density at radius 1 is 1.00 bits per heavy atom. The second-order valence-electron chi connectivity index (χ2n) is 8.98. The highest BCUT2D eigenvalue weighted by Gasteiger charge is 2.21. The number of nitrogens with zero attached hydrogens (tertiary/aromatic N) is 1. The number of carbonyl (C=O) groups excluding carboxylic acids is 1. The van der Waals surface area contributed by atoms with E-state index in [0.29, 0.717) is 12.5 Å². The zero-order valence-electron chi connectivity index (χ0n) is 20.2. The van der Waals surface area contributed by atoms with Crippen LogP contribution in [0.15, 0.2) is 48.5 Å². The van der Waals surface area contributed by atoms with Crippen molar-refractivity contribution in [3.63, 3.8) is 0 Å². The van der Waals surface area contributed by atoms with Gasteiger partial charge in [-0.15, -0.1) is 0 Å². The number of aromatic carboxylic acids is 1. The van der Waals surface area contributed by atoms with Crippen molar-refractivity contribution in [3.05, 3.63) is 87.7 Å². The summed E-state index contributed by atoms with van der Waals surface area (Å²) < 4.78 is 5.52. The number of hydrogen-bond donors (Lipinski definition) is 2. The van der Waals surface area contributed by atoms with Crippen molar-refractivity contribution in [2.24, 2.45) is 11.7 Å². The van der Waals surface area contributed by atoms with Gasteiger partial charge in [0.15, 0.2) is 0 Å². The summed E-state index contributed by atoms with van der Waals surface area (Å²) in [6.45, 7) is 8.66. The van der Waals surface area contributed by atoms with Crippen LogP contribution in [-0.4, -0.2) is 22.0 Å². The van der Waals surface area contributed by atoms with Gasteiger partial charge in [0.25, 0.3) is 0 Å². The summed E-state index contributed by atoms with van der Waals surface area (Å²) in [6, 6.07) is 14.5. The molecule has 6 heteroatoms. The molecule has 0 fully saturated rings. The highest BCUT2D eigenvalue weighted by Crippen LogP contribution is 2.33. The molecule has 178 valence electrons. The first kappa shape index (κ1) is 25.1. The van der Waals surface area contributed by atoms with Crippen LogP contribution in [0, 0.1) is 19.8 Å². The minimum Gasteiger partial charge on any atom is -0.478 e. The number of rotatable bonds is 9. The zero-order valence-corrected chi connectivity index (χ0v) is 20.2. The molecule has 34 heavy (non-hydrogen) atoms. The third-order valence-corrected chi connectivity index (χ3v) is 5.76. The Labute approximate surface area is 200 Å². The summed E-state index contributed by atoms with van der Waals surface area (Å²) in [7, 11) is 0. The van der Waals surface area contributed by atoms with Crippen molar-refractivity contribution in [2.75, 3.05) is 0 Å². The van der Waals surface area contributed by atoms with Crippen molar-refractivity contribution in [2.45, 2.75) is 53.7 Å². The highest BCUT2D eigenvalue weighted by atomic mass is 16.5. The predicted molar refractivity (Wildman–Crippen MR) is 132 cm³/mol. The van der Waals surface area contributed by atoms with E-state index in [1.165, 1.54) is 12.1 Å². The molecule has 0 atom stereocenters. The third kappa shape index (κ3) is 6.08. The van der Waals surface area contributed by atoms with Crippen molar-refractivity contribution in [1.29, 1.82) is 0 Å². The summed E-state index contributed by atoms with van der Waals surface area (Å²) >= 11 is 0. The molecule has 0 unspecified atom stereocenters. The molecule has 1 heterocycles. The molecule has 3 rings (SSSR count). The average molecular weight is 461 g/mol. The van der Waals surface area contributed by atoms with Crippen molar-refractivity contribution >= 4 is 11.9 Å². The molecule has 0 amide bonds. The molecular formula is C28H32N2O4. The molecule has 6 nitrogen and oxygen atoms in total. The molecule has 0 aliphatic heterocycles. The van der Waals surface area contributed by atoms with E-state index in [1.54, 1.807) is 12.1 Å². The quantitative estimate of drug-likeness (QED) is 0.435. The Morgan fingerprint density at radius 2 is 1.65 bits per heavy atom. The summed E-state index contributed by atoms with van der Waals surface area (Å²) in [5.74, 6) is -0.946. The lowest BCUT2D eigenvalue weighted by Gasteiger charge is -2.21. The van der Waals surface area contributed by atoms with Gasteiger partial charge >= 0.3 is 11.9 Å². The molecule has 0 spiro atoms. The van der Waals surface area contributed by atoms with Crippen LogP contribution < -0.4 is 5.73 Å². The van der Waals surface area contributed by atoms with Crippen LogP contribution in [-0.2, 0) is 35.5 Å². The van der Waals surface area contributed by atoms with Crippen LogP contribution in [0.2, 0.25) is 0 Å². The molecule has 2 aromatic carbocycles. The van der Waals surface area contributed by atoms with Gasteiger partial charge in [0.2, 0.25) is 0 Å². The first-order valence-electron chi connectivity index (χ1n) is 11.5. The highest BCUT2D eigenvalue weighted by molar-refractivity contribution is 5.87. The van der Waals surface area contributed by atoms with Crippen LogP contribution in [0.5, 0.6) is 0 Å². The maximum absolute atomic E-state index is 12.8. The summed E-state index contributed by atoms with van der Waals surface area (Å²) in [4.78, 5) is 28.7. The number of carboxylic acid groups (broad SMARTS) is 1. The van der Waals surface area contributed by atoms with Gasteiger partial charge in [-0.25, -0.2) is 4.79 Å². The molecule has 3 aromatic rings.